The lowest BCUT2D eigenvalue weighted by molar-refractivity contribution is -0.147. The number of esters is 1. The number of amides is 3. The fraction of sp³-hybridized carbons (Fsp3) is 0.226. The molecule has 0 spiro atoms. The van der Waals surface area contributed by atoms with Crippen LogP contribution in [-0.4, -0.2) is 42.9 Å². The molecule has 0 saturated heterocycles. The number of benzene rings is 3. The number of ether oxygens (including phenoxy) is 1. The number of hydrogen-bond donors (Lipinski definition) is 3. The van der Waals surface area contributed by atoms with Crippen LogP contribution >= 0.6 is 11.6 Å². The fourth-order valence-electron chi connectivity index (χ4n) is 4.17. The third-order valence-electron chi connectivity index (χ3n) is 6.16. The topological polar surface area (TPSA) is 114 Å². The van der Waals surface area contributed by atoms with Gasteiger partial charge in [-0.05, 0) is 55.3 Å². The molecule has 3 N–H and O–H groups in total. The van der Waals surface area contributed by atoms with E-state index >= 15 is 0 Å². The van der Waals surface area contributed by atoms with Gasteiger partial charge in [0.1, 0.15) is 12.1 Å². The van der Waals surface area contributed by atoms with Crippen molar-refractivity contribution < 1.29 is 23.9 Å². The molecule has 0 aliphatic rings. The molecule has 0 aliphatic heterocycles. The first kappa shape index (κ1) is 30.1. The number of carbonyl (C=O) groups is 4. The zero-order valence-electron chi connectivity index (χ0n) is 22.4. The van der Waals surface area contributed by atoms with Gasteiger partial charge in [-0.2, -0.15) is 0 Å². The Labute approximate surface area is 238 Å². The van der Waals surface area contributed by atoms with Gasteiger partial charge in [0, 0.05) is 34.7 Å². The predicted octanol–water partition coefficient (Wildman–Crippen LogP) is 4.79. The van der Waals surface area contributed by atoms with Crippen LogP contribution < -0.4 is 16.0 Å². The summed E-state index contributed by atoms with van der Waals surface area (Å²) in [6.45, 7) is 3.65. The van der Waals surface area contributed by atoms with Crippen molar-refractivity contribution in [3.05, 3.63) is 107 Å². The lowest BCUT2D eigenvalue weighted by atomic mass is 9.95. The van der Waals surface area contributed by atoms with Gasteiger partial charge in [-0.3, -0.25) is 14.4 Å². The summed E-state index contributed by atoms with van der Waals surface area (Å²) >= 11 is 5.97. The van der Waals surface area contributed by atoms with Crippen molar-refractivity contribution in [2.75, 3.05) is 11.9 Å². The van der Waals surface area contributed by atoms with Crippen molar-refractivity contribution in [2.24, 2.45) is 0 Å². The van der Waals surface area contributed by atoms with Crippen molar-refractivity contribution in [1.29, 1.82) is 0 Å². The van der Waals surface area contributed by atoms with E-state index < -0.39 is 29.9 Å². The first-order chi connectivity index (χ1) is 19.4. The Morgan fingerprint density at radius 3 is 2.23 bits per heavy atom. The average Bonchev–Trinajstić information content (AvgIpc) is 2.96. The van der Waals surface area contributed by atoms with Gasteiger partial charge in [-0.15, -0.1) is 0 Å². The van der Waals surface area contributed by atoms with E-state index in [1.807, 2.05) is 48.5 Å². The quantitative estimate of drug-likeness (QED) is 0.205. The molecule has 0 bridgehead atoms. The zero-order chi connectivity index (χ0) is 28.9. The van der Waals surface area contributed by atoms with Gasteiger partial charge < -0.3 is 20.7 Å². The highest BCUT2D eigenvalue weighted by Crippen LogP contribution is 2.27. The van der Waals surface area contributed by atoms with Gasteiger partial charge in [-0.25, -0.2) is 4.79 Å². The molecule has 0 aliphatic carbocycles. The number of carbonyl (C=O) groups excluding carboxylic acids is 4. The van der Waals surface area contributed by atoms with Crippen LogP contribution in [0.5, 0.6) is 0 Å². The first-order valence-electron chi connectivity index (χ1n) is 12.9. The summed E-state index contributed by atoms with van der Waals surface area (Å²) in [7, 11) is 0. The van der Waals surface area contributed by atoms with E-state index in [2.05, 4.69) is 16.0 Å². The van der Waals surface area contributed by atoms with E-state index in [1.54, 1.807) is 50.2 Å². The number of para-hydroxylation sites is 1. The van der Waals surface area contributed by atoms with Crippen LogP contribution in [0.3, 0.4) is 0 Å². The van der Waals surface area contributed by atoms with Crippen molar-refractivity contribution in [1.82, 2.24) is 10.6 Å². The SMILES string of the molecule is C/C=C(/CC(NC(=O)c1ccc(Cl)cc1)C(=O)NC(Cc1ccccc1)C(=O)OCC)c1ccccc1NC=O. The van der Waals surface area contributed by atoms with Crippen LogP contribution in [0.25, 0.3) is 5.57 Å². The van der Waals surface area contributed by atoms with Crippen LogP contribution in [-0.2, 0) is 25.5 Å². The summed E-state index contributed by atoms with van der Waals surface area (Å²) in [5.41, 5.74) is 3.12. The second-order valence-electron chi connectivity index (χ2n) is 8.86. The summed E-state index contributed by atoms with van der Waals surface area (Å²) in [6, 6.07) is 20.7. The van der Waals surface area contributed by atoms with E-state index in [-0.39, 0.29) is 19.4 Å². The Balaban J connectivity index is 1.92. The monoisotopic (exact) mass is 561 g/mol. The smallest absolute Gasteiger partial charge is 0.328 e. The standard InChI is InChI=1S/C31H32ClN3O5/c1-3-22(25-12-8-9-13-26(25)33-20-36)19-27(34-29(37)23-14-16-24(32)17-15-23)30(38)35-28(31(39)40-4-2)18-21-10-6-5-7-11-21/h3,5-17,20,27-28H,4,18-19H2,1-2H3,(H,33,36)(H,34,37)(H,35,38)/b22-3-. The molecule has 0 heterocycles. The number of halogens is 1. The summed E-state index contributed by atoms with van der Waals surface area (Å²) < 4.78 is 5.23. The fourth-order valence-corrected chi connectivity index (χ4v) is 4.29. The molecule has 3 amide bonds. The molecular weight excluding hydrogens is 530 g/mol. The lowest BCUT2D eigenvalue weighted by Crippen LogP contribution is -2.52. The van der Waals surface area contributed by atoms with Gasteiger partial charge >= 0.3 is 5.97 Å². The highest BCUT2D eigenvalue weighted by atomic mass is 35.5. The summed E-state index contributed by atoms with van der Waals surface area (Å²) in [6.07, 6.45) is 2.69. The Kier molecular flexibility index (Phi) is 11.5. The zero-order valence-corrected chi connectivity index (χ0v) is 23.1. The number of nitrogens with one attached hydrogen (secondary N) is 3. The molecule has 0 radical (unpaired) electrons. The molecule has 40 heavy (non-hydrogen) atoms. The predicted molar refractivity (Wildman–Crippen MR) is 156 cm³/mol. The normalized spacial score (nSPS) is 12.5. The van der Waals surface area contributed by atoms with Crippen molar-refractivity contribution in [3.63, 3.8) is 0 Å². The molecule has 208 valence electrons. The van der Waals surface area contributed by atoms with Crippen LogP contribution in [0.15, 0.2) is 84.9 Å². The van der Waals surface area contributed by atoms with Crippen LogP contribution in [0.4, 0.5) is 5.69 Å². The molecular formula is C31H32ClN3O5. The van der Waals surface area contributed by atoms with Gasteiger partial charge in [-0.1, -0.05) is 66.2 Å². The summed E-state index contributed by atoms with van der Waals surface area (Å²) in [5, 5.41) is 8.73. The third kappa shape index (κ3) is 8.54. The second-order valence-corrected chi connectivity index (χ2v) is 9.30. The molecule has 8 nitrogen and oxygen atoms in total. The Morgan fingerprint density at radius 2 is 1.57 bits per heavy atom. The number of allylic oxidation sites excluding steroid dienone is 1. The largest absolute Gasteiger partial charge is 0.464 e. The van der Waals surface area contributed by atoms with E-state index in [1.165, 1.54) is 0 Å². The van der Waals surface area contributed by atoms with Crippen LogP contribution in [0.2, 0.25) is 5.02 Å². The van der Waals surface area contributed by atoms with Crippen molar-refractivity contribution in [3.8, 4) is 0 Å². The van der Waals surface area contributed by atoms with Crippen molar-refractivity contribution in [2.45, 2.75) is 38.8 Å². The van der Waals surface area contributed by atoms with Crippen molar-refractivity contribution >= 4 is 47.1 Å². The summed E-state index contributed by atoms with van der Waals surface area (Å²) in [4.78, 5) is 50.9. The number of rotatable bonds is 13. The van der Waals surface area contributed by atoms with Gasteiger partial charge in [0.05, 0.1) is 6.61 Å². The molecule has 0 aromatic heterocycles. The maximum Gasteiger partial charge on any atom is 0.328 e. The van der Waals surface area contributed by atoms with Gasteiger partial charge in [0.2, 0.25) is 12.3 Å². The third-order valence-corrected chi connectivity index (χ3v) is 6.41. The first-order valence-corrected chi connectivity index (χ1v) is 13.3. The minimum atomic E-state index is -1.06. The highest BCUT2D eigenvalue weighted by molar-refractivity contribution is 6.30. The number of hydrogen-bond acceptors (Lipinski definition) is 5. The second kappa shape index (κ2) is 15.2. The maximum atomic E-state index is 13.7. The highest BCUT2D eigenvalue weighted by Gasteiger charge is 2.29. The molecule has 2 unspecified atom stereocenters. The molecule has 0 saturated carbocycles. The molecule has 3 aromatic rings. The molecule has 0 fully saturated rings. The van der Waals surface area contributed by atoms with E-state index in [0.29, 0.717) is 33.8 Å². The minimum absolute atomic E-state index is 0.0834. The minimum Gasteiger partial charge on any atom is -0.464 e. The molecule has 3 aromatic carbocycles. The van der Waals surface area contributed by atoms with E-state index in [0.717, 1.165) is 5.56 Å². The van der Waals surface area contributed by atoms with Crippen LogP contribution in [0.1, 0.15) is 41.8 Å². The Morgan fingerprint density at radius 1 is 0.900 bits per heavy atom. The molecule has 2 atom stereocenters. The van der Waals surface area contributed by atoms with E-state index in [4.69, 9.17) is 16.3 Å². The average molecular weight is 562 g/mol. The van der Waals surface area contributed by atoms with Crippen LogP contribution in [0, 0.1) is 0 Å². The van der Waals surface area contributed by atoms with Gasteiger partial charge in [0.25, 0.3) is 5.91 Å². The van der Waals surface area contributed by atoms with Gasteiger partial charge in [0.15, 0.2) is 0 Å². The Hall–Kier alpha value is -4.43. The lowest BCUT2D eigenvalue weighted by Gasteiger charge is -2.24. The Bertz CT molecular complexity index is 1340. The summed E-state index contributed by atoms with van der Waals surface area (Å²) in [5.74, 6) is -1.62. The molecule has 9 heteroatoms. The maximum absolute atomic E-state index is 13.7. The number of anilines is 1. The van der Waals surface area contributed by atoms with E-state index in [9.17, 15) is 19.2 Å². The molecule has 3 rings (SSSR count).